The van der Waals surface area contributed by atoms with Crippen molar-refractivity contribution in [3.63, 3.8) is 0 Å². The molecule has 0 aliphatic rings. The number of sulfonamides is 1. The Bertz CT molecular complexity index is 661. The topological polar surface area (TPSA) is 85.1 Å². The van der Waals surface area contributed by atoms with Gasteiger partial charge >= 0.3 is 0 Å². The highest BCUT2D eigenvalue weighted by Gasteiger charge is 2.16. The molecule has 102 valence electrons. The highest BCUT2D eigenvalue weighted by Crippen LogP contribution is 2.26. The van der Waals surface area contributed by atoms with Crippen LogP contribution in [0.2, 0.25) is 5.02 Å². The van der Waals surface area contributed by atoms with E-state index in [9.17, 15) is 8.42 Å². The maximum absolute atomic E-state index is 12.1. The lowest BCUT2D eigenvalue weighted by atomic mass is 10.2. The molecule has 0 radical (unpaired) electrons. The summed E-state index contributed by atoms with van der Waals surface area (Å²) in [4.78, 5) is 4.11. The van der Waals surface area contributed by atoms with Gasteiger partial charge in [-0.15, -0.1) is 11.3 Å². The first-order valence-corrected chi connectivity index (χ1v) is 8.13. The summed E-state index contributed by atoms with van der Waals surface area (Å²) in [5.74, 6) is 0. The van der Waals surface area contributed by atoms with Crippen molar-refractivity contribution < 1.29 is 8.42 Å². The van der Waals surface area contributed by atoms with Gasteiger partial charge in [0, 0.05) is 5.38 Å². The van der Waals surface area contributed by atoms with E-state index < -0.39 is 10.0 Å². The number of nitrogen functional groups attached to an aromatic ring is 1. The molecule has 1 aromatic carbocycles. The molecule has 0 saturated carbocycles. The van der Waals surface area contributed by atoms with Crippen LogP contribution in [0.5, 0.6) is 0 Å². The van der Waals surface area contributed by atoms with E-state index in [1.807, 2.05) is 0 Å². The van der Waals surface area contributed by atoms with Crippen LogP contribution in [0, 0.1) is 6.92 Å². The molecule has 5 nitrogen and oxygen atoms in total. The van der Waals surface area contributed by atoms with Gasteiger partial charge in [-0.1, -0.05) is 11.6 Å². The van der Waals surface area contributed by atoms with Gasteiger partial charge in [0.2, 0.25) is 10.0 Å². The second-order valence-electron chi connectivity index (χ2n) is 3.95. The Balaban J connectivity index is 2.24. The van der Waals surface area contributed by atoms with Crippen LogP contribution in [-0.2, 0) is 16.6 Å². The third-order valence-electron chi connectivity index (χ3n) is 2.49. The molecule has 0 amide bonds. The molecule has 0 fully saturated rings. The second kappa shape index (κ2) is 5.46. The molecule has 8 heteroatoms. The van der Waals surface area contributed by atoms with Crippen LogP contribution >= 0.6 is 22.9 Å². The summed E-state index contributed by atoms with van der Waals surface area (Å²) >= 11 is 7.32. The monoisotopic (exact) mass is 317 g/mol. The fourth-order valence-electron chi connectivity index (χ4n) is 1.49. The SMILES string of the molecule is Cc1cc(S(=O)(=O)NCc2cscn2)cc(N)c1Cl. The van der Waals surface area contributed by atoms with E-state index >= 15 is 0 Å². The van der Waals surface area contributed by atoms with Crippen molar-refractivity contribution in [2.45, 2.75) is 18.4 Å². The molecule has 1 heterocycles. The summed E-state index contributed by atoms with van der Waals surface area (Å²) in [6, 6.07) is 2.83. The predicted octanol–water partition coefficient (Wildman–Crippen LogP) is 2.17. The maximum Gasteiger partial charge on any atom is 0.241 e. The van der Waals surface area contributed by atoms with Crippen molar-refractivity contribution in [1.29, 1.82) is 0 Å². The van der Waals surface area contributed by atoms with Gasteiger partial charge in [-0.2, -0.15) is 0 Å². The number of nitrogens with two attached hydrogens (primary N) is 1. The third-order valence-corrected chi connectivity index (χ3v) is 5.03. The summed E-state index contributed by atoms with van der Waals surface area (Å²) in [7, 11) is -3.62. The zero-order valence-electron chi connectivity index (χ0n) is 10.1. The number of benzene rings is 1. The number of thiazole rings is 1. The van der Waals surface area contributed by atoms with Crippen molar-refractivity contribution in [2.75, 3.05) is 5.73 Å². The molecule has 2 rings (SSSR count). The van der Waals surface area contributed by atoms with Crippen molar-refractivity contribution in [1.82, 2.24) is 9.71 Å². The van der Waals surface area contributed by atoms with Gasteiger partial charge in [-0.05, 0) is 24.6 Å². The standard InChI is InChI=1S/C11H12ClN3O2S2/c1-7-2-9(3-10(13)11(7)12)19(16,17)15-4-8-5-18-6-14-8/h2-3,5-6,15H,4,13H2,1H3. The Labute approximate surface area is 120 Å². The van der Waals surface area contributed by atoms with Crippen LogP contribution in [0.1, 0.15) is 11.3 Å². The first-order valence-electron chi connectivity index (χ1n) is 5.32. The van der Waals surface area contributed by atoms with Crippen molar-refractivity contribution in [2.24, 2.45) is 0 Å². The normalized spacial score (nSPS) is 11.7. The summed E-state index contributed by atoms with van der Waals surface area (Å²) < 4.78 is 26.7. The molecule has 0 spiro atoms. The number of hydrogen-bond acceptors (Lipinski definition) is 5. The molecule has 0 aliphatic carbocycles. The second-order valence-corrected chi connectivity index (χ2v) is 6.81. The van der Waals surface area contributed by atoms with Gasteiger partial charge < -0.3 is 5.73 Å². The smallest absolute Gasteiger partial charge is 0.241 e. The van der Waals surface area contributed by atoms with Crippen LogP contribution in [-0.4, -0.2) is 13.4 Å². The zero-order valence-corrected chi connectivity index (χ0v) is 12.4. The van der Waals surface area contributed by atoms with Crippen molar-refractivity contribution in [3.05, 3.63) is 39.3 Å². The zero-order chi connectivity index (χ0) is 14.0. The van der Waals surface area contributed by atoms with E-state index in [1.54, 1.807) is 17.8 Å². The Kier molecular flexibility index (Phi) is 4.10. The van der Waals surface area contributed by atoms with E-state index in [2.05, 4.69) is 9.71 Å². The predicted molar refractivity (Wildman–Crippen MR) is 76.7 cm³/mol. The van der Waals surface area contributed by atoms with E-state index in [4.69, 9.17) is 17.3 Å². The molecule has 19 heavy (non-hydrogen) atoms. The Hall–Kier alpha value is -1.15. The molecule has 1 aromatic heterocycles. The van der Waals surface area contributed by atoms with Crippen molar-refractivity contribution in [3.8, 4) is 0 Å². The van der Waals surface area contributed by atoms with Gasteiger partial charge in [0.25, 0.3) is 0 Å². The number of aryl methyl sites for hydroxylation is 1. The first-order chi connectivity index (χ1) is 8.90. The largest absolute Gasteiger partial charge is 0.397 e. The van der Waals surface area contributed by atoms with E-state index in [0.29, 0.717) is 16.3 Å². The number of halogens is 1. The van der Waals surface area contributed by atoms with Gasteiger partial charge in [-0.3, -0.25) is 0 Å². The summed E-state index contributed by atoms with van der Waals surface area (Å²) in [6.45, 7) is 1.85. The quantitative estimate of drug-likeness (QED) is 0.846. The fourth-order valence-corrected chi connectivity index (χ4v) is 3.28. The van der Waals surface area contributed by atoms with Crippen LogP contribution in [0.3, 0.4) is 0 Å². The van der Waals surface area contributed by atoms with Gasteiger partial charge in [-0.25, -0.2) is 18.1 Å². The highest BCUT2D eigenvalue weighted by molar-refractivity contribution is 7.89. The van der Waals surface area contributed by atoms with E-state index in [0.717, 1.165) is 0 Å². The number of rotatable bonds is 4. The summed E-state index contributed by atoms with van der Waals surface area (Å²) in [5, 5.41) is 2.16. The molecule has 0 bridgehead atoms. The molecular weight excluding hydrogens is 306 g/mol. The molecule has 0 aliphatic heterocycles. The van der Waals surface area contributed by atoms with Crippen LogP contribution in [0.4, 0.5) is 5.69 Å². The molecule has 0 unspecified atom stereocenters. The lowest BCUT2D eigenvalue weighted by Crippen LogP contribution is -2.23. The summed E-state index contributed by atoms with van der Waals surface area (Å²) in [5.41, 5.74) is 8.86. The lowest BCUT2D eigenvalue weighted by molar-refractivity contribution is 0.580. The maximum atomic E-state index is 12.1. The number of hydrogen-bond donors (Lipinski definition) is 2. The van der Waals surface area contributed by atoms with Crippen LogP contribution < -0.4 is 10.5 Å². The number of anilines is 1. The number of nitrogens with zero attached hydrogens (tertiary/aromatic N) is 1. The van der Waals surface area contributed by atoms with Crippen LogP contribution in [0.25, 0.3) is 0 Å². The minimum Gasteiger partial charge on any atom is -0.397 e. The van der Waals surface area contributed by atoms with Gasteiger partial charge in [0.1, 0.15) is 0 Å². The minimum absolute atomic E-state index is 0.0992. The molecule has 3 N–H and O–H groups in total. The molecule has 0 saturated heterocycles. The average molecular weight is 318 g/mol. The number of aromatic nitrogens is 1. The summed E-state index contributed by atoms with van der Waals surface area (Å²) in [6.07, 6.45) is 0. The molecular formula is C11H12ClN3O2S2. The van der Waals surface area contributed by atoms with E-state index in [1.165, 1.54) is 23.5 Å². The van der Waals surface area contributed by atoms with Gasteiger partial charge in [0.15, 0.2) is 0 Å². The lowest BCUT2D eigenvalue weighted by Gasteiger charge is -2.09. The Morgan fingerprint density at radius 2 is 2.21 bits per heavy atom. The molecule has 0 atom stereocenters. The van der Waals surface area contributed by atoms with Gasteiger partial charge in [0.05, 0.1) is 33.4 Å². The fraction of sp³-hybridized carbons (Fsp3) is 0.182. The number of nitrogens with one attached hydrogen (secondary N) is 1. The minimum atomic E-state index is -3.62. The highest BCUT2D eigenvalue weighted by atomic mass is 35.5. The van der Waals surface area contributed by atoms with Crippen molar-refractivity contribution >= 4 is 38.6 Å². The average Bonchev–Trinajstić information content (AvgIpc) is 2.86. The Morgan fingerprint density at radius 1 is 1.47 bits per heavy atom. The Morgan fingerprint density at radius 3 is 2.79 bits per heavy atom. The van der Waals surface area contributed by atoms with Crippen LogP contribution in [0.15, 0.2) is 27.9 Å². The van der Waals surface area contributed by atoms with E-state index in [-0.39, 0.29) is 17.1 Å². The molecule has 2 aromatic rings. The third kappa shape index (κ3) is 3.24. The first kappa shape index (κ1) is 14.3.